The molecular formula is C35H47BrO8. The van der Waals surface area contributed by atoms with E-state index < -0.39 is 23.9 Å². The molecule has 2 aromatic carbocycles. The fourth-order valence-electron chi connectivity index (χ4n) is 4.36. The molecule has 2 aromatic rings. The first-order valence-electron chi connectivity index (χ1n) is 16.0. The molecule has 2 rings (SSSR count). The molecule has 0 radical (unpaired) electrons. The highest BCUT2D eigenvalue weighted by molar-refractivity contribution is 9.10. The van der Waals surface area contributed by atoms with Crippen LogP contribution in [0.5, 0.6) is 17.2 Å². The number of benzene rings is 2. The molecule has 0 bridgehead atoms. The average molecular weight is 676 g/mol. The van der Waals surface area contributed by atoms with Gasteiger partial charge in [0.15, 0.2) is 11.5 Å². The van der Waals surface area contributed by atoms with Gasteiger partial charge in [0, 0.05) is 23.7 Å². The molecule has 0 aromatic heterocycles. The Bertz CT molecular complexity index is 1140. The van der Waals surface area contributed by atoms with Crippen molar-refractivity contribution in [3.05, 3.63) is 52.0 Å². The van der Waals surface area contributed by atoms with E-state index in [-0.39, 0.29) is 48.7 Å². The van der Waals surface area contributed by atoms with Crippen LogP contribution in [0.25, 0.3) is 0 Å². The van der Waals surface area contributed by atoms with Gasteiger partial charge < -0.3 is 18.9 Å². The zero-order valence-corrected chi connectivity index (χ0v) is 28.0. The number of hydrogen-bond donors (Lipinski definition) is 0. The van der Waals surface area contributed by atoms with E-state index in [0.29, 0.717) is 19.3 Å². The summed E-state index contributed by atoms with van der Waals surface area (Å²) in [6.07, 6.45) is 11.0. The Labute approximate surface area is 270 Å². The number of hydrogen-bond acceptors (Lipinski definition) is 8. The molecular weight excluding hydrogens is 628 g/mol. The fraction of sp³-hybridized carbons (Fsp3) is 0.543. The Morgan fingerprint density at radius 1 is 0.591 bits per heavy atom. The minimum absolute atomic E-state index is 0.000288. The second kappa shape index (κ2) is 21.5. The van der Waals surface area contributed by atoms with Crippen LogP contribution in [0, 0.1) is 0 Å². The van der Waals surface area contributed by atoms with E-state index in [1.165, 1.54) is 12.1 Å². The fourth-order valence-corrected chi connectivity index (χ4v) is 4.62. The molecule has 0 aliphatic rings. The number of ether oxygens (including phenoxy) is 4. The van der Waals surface area contributed by atoms with E-state index in [4.69, 9.17) is 18.9 Å². The lowest BCUT2D eigenvalue weighted by Crippen LogP contribution is -2.16. The van der Waals surface area contributed by atoms with E-state index >= 15 is 0 Å². The van der Waals surface area contributed by atoms with Gasteiger partial charge in [-0.25, -0.2) is 4.79 Å². The average Bonchev–Trinajstić information content (AvgIpc) is 3.00. The Balaban J connectivity index is 2.39. The molecule has 0 atom stereocenters. The van der Waals surface area contributed by atoms with E-state index in [1.807, 2.05) is 24.3 Å². The lowest BCUT2D eigenvalue weighted by molar-refractivity contribution is -0.138. The van der Waals surface area contributed by atoms with E-state index in [1.54, 1.807) is 0 Å². The molecule has 0 unspecified atom stereocenters. The molecule has 9 heteroatoms. The molecule has 8 nitrogen and oxygen atoms in total. The molecule has 0 fully saturated rings. The molecule has 0 N–H and O–H groups in total. The number of carbonyl (C=O) groups excluding carboxylic acids is 4. The summed E-state index contributed by atoms with van der Waals surface area (Å²) in [5.41, 5.74) is 0.764. The van der Waals surface area contributed by atoms with Gasteiger partial charge in [-0.15, -0.1) is 0 Å². The molecule has 0 aliphatic heterocycles. The van der Waals surface area contributed by atoms with Crippen molar-refractivity contribution in [2.24, 2.45) is 0 Å². The van der Waals surface area contributed by atoms with Crippen molar-refractivity contribution in [1.82, 2.24) is 0 Å². The third kappa shape index (κ3) is 14.5. The number of carbonyl (C=O) groups is 4. The van der Waals surface area contributed by atoms with E-state index in [9.17, 15) is 19.2 Å². The Hall–Kier alpha value is -3.20. The second-order valence-electron chi connectivity index (χ2n) is 10.9. The van der Waals surface area contributed by atoms with Gasteiger partial charge in [0.05, 0.1) is 5.56 Å². The molecule has 242 valence electrons. The summed E-state index contributed by atoms with van der Waals surface area (Å²) in [5.74, 6) is -2.88. The van der Waals surface area contributed by atoms with Gasteiger partial charge in [-0.05, 0) is 49.1 Å². The Morgan fingerprint density at radius 3 is 1.45 bits per heavy atom. The van der Waals surface area contributed by atoms with Crippen LogP contribution in [0.15, 0.2) is 40.9 Å². The lowest BCUT2D eigenvalue weighted by Gasteiger charge is -2.16. The van der Waals surface area contributed by atoms with Gasteiger partial charge in [-0.3, -0.25) is 14.4 Å². The van der Waals surface area contributed by atoms with Crippen LogP contribution in [0.3, 0.4) is 0 Å². The minimum Gasteiger partial charge on any atom is -0.457 e. The van der Waals surface area contributed by atoms with Crippen LogP contribution in [0.4, 0.5) is 0 Å². The standard InChI is InChI=1S/C35H47BrO8/c1-4-7-10-13-16-31(37)42-29-23-27(35(40)41-25-26-19-21-28(36)22-20-26)24-30(43-32(38)17-14-11-8-5-2)34(29)44-33(39)18-15-12-9-6-3/h19-24H,4-18,25H2,1-3H3. The number of rotatable bonds is 21. The largest absolute Gasteiger partial charge is 0.457 e. The summed E-state index contributed by atoms with van der Waals surface area (Å²) in [7, 11) is 0. The van der Waals surface area contributed by atoms with Crippen LogP contribution in [0.1, 0.15) is 133 Å². The third-order valence-electron chi connectivity index (χ3n) is 6.91. The minimum atomic E-state index is -0.717. The first kappa shape index (κ1) is 37.0. The molecule has 0 aliphatic carbocycles. The molecule has 0 heterocycles. The van der Waals surface area contributed by atoms with Crippen LogP contribution in [-0.2, 0) is 25.7 Å². The number of esters is 4. The van der Waals surface area contributed by atoms with E-state index in [2.05, 4.69) is 36.7 Å². The van der Waals surface area contributed by atoms with Crippen molar-refractivity contribution in [3.8, 4) is 17.2 Å². The van der Waals surface area contributed by atoms with Crippen LogP contribution < -0.4 is 14.2 Å². The van der Waals surface area contributed by atoms with Gasteiger partial charge >= 0.3 is 23.9 Å². The van der Waals surface area contributed by atoms with Crippen molar-refractivity contribution in [3.63, 3.8) is 0 Å². The van der Waals surface area contributed by atoms with Crippen molar-refractivity contribution < 1.29 is 38.1 Å². The van der Waals surface area contributed by atoms with Crippen molar-refractivity contribution in [1.29, 1.82) is 0 Å². The smallest absolute Gasteiger partial charge is 0.338 e. The SMILES string of the molecule is CCCCCCC(=O)Oc1cc(C(=O)OCc2ccc(Br)cc2)cc(OC(=O)CCCCCC)c1OC(=O)CCCCCC. The summed E-state index contributed by atoms with van der Waals surface area (Å²) in [5, 5.41) is 0. The molecule has 0 saturated carbocycles. The van der Waals surface area contributed by atoms with Gasteiger partial charge in [0.25, 0.3) is 0 Å². The number of halogens is 1. The van der Waals surface area contributed by atoms with Crippen molar-refractivity contribution >= 4 is 39.8 Å². The normalized spacial score (nSPS) is 10.7. The van der Waals surface area contributed by atoms with Gasteiger partial charge in [0.2, 0.25) is 5.75 Å². The predicted octanol–water partition coefficient (Wildman–Crippen LogP) is 9.43. The number of unbranched alkanes of at least 4 members (excludes halogenated alkanes) is 9. The van der Waals surface area contributed by atoms with Gasteiger partial charge in [-0.1, -0.05) is 107 Å². The highest BCUT2D eigenvalue weighted by Gasteiger charge is 2.25. The zero-order chi connectivity index (χ0) is 32.2. The highest BCUT2D eigenvalue weighted by atomic mass is 79.9. The maximum atomic E-state index is 13.2. The quantitative estimate of drug-likeness (QED) is 0.0732. The highest BCUT2D eigenvalue weighted by Crippen LogP contribution is 2.40. The van der Waals surface area contributed by atoms with Crippen molar-refractivity contribution in [2.75, 3.05) is 0 Å². The summed E-state index contributed by atoms with van der Waals surface area (Å²) in [4.78, 5) is 51.7. The maximum absolute atomic E-state index is 13.2. The summed E-state index contributed by atoms with van der Waals surface area (Å²) < 4.78 is 23.4. The second-order valence-corrected chi connectivity index (χ2v) is 11.8. The van der Waals surface area contributed by atoms with Gasteiger partial charge in [-0.2, -0.15) is 0 Å². The molecule has 44 heavy (non-hydrogen) atoms. The summed E-state index contributed by atoms with van der Waals surface area (Å²) in [6, 6.07) is 9.91. The summed E-state index contributed by atoms with van der Waals surface area (Å²) >= 11 is 3.38. The lowest BCUT2D eigenvalue weighted by atomic mass is 10.1. The van der Waals surface area contributed by atoms with Crippen molar-refractivity contribution in [2.45, 2.75) is 124 Å². The maximum Gasteiger partial charge on any atom is 0.338 e. The van der Waals surface area contributed by atoms with Gasteiger partial charge in [0.1, 0.15) is 6.61 Å². The Morgan fingerprint density at radius 2 is 1.02 bits per heavy atom. The Kier molecular flexibility index (Phi) is 18.1. The topological polar surface area (TPSA) is 105 Å². The molecule has 0 amide bonds. The summed E-state index contributed by atoms with van der Waals surface area (Å²) in [6.45, 7) is 6.24. The third-order valence-corrected chi connectivity index (χ3v) is 7.44. The molecule has 0 spiro atoms. The zero-order valence-electron chi connectivity index (χ0n) is 26.4. The van der Waals surface area contributed by atoms with Crippen LogP contribution in [0.2, 0.25) is 0 Å². The first-order valence-corrected chi connectivity index (χ1v) is 16.8. The monoisotopic (exact) mass is 674 g/mol. The van der Waals surface area contributed by atoms with Crippen LogP contribution in [-0.4, -0.2) is 23.9 Å². The predicted molar refractivity (Wildman–Crippen MR) is 173 cm³/mol. The first-order chi connectivity index (χ1) is 21.3. The van der Waals surface area contributed by atoms with E-state index in [0.717, 1.165) is 67.8 Å². The van der Waals surface area contributed by atoms with Crippen LogP contribution >= 0.6 is 15.9 Å². The molecule has 0 saturated heterocycles.